The maximum absolute atomic E-state index is 13.6. The molecule has 0 radical (unpaired) electrons. The number of benzene rings is 1. The Balaban J connectivity index is 0.00000304. The Hall–Kier alpha value is -3.85. The Labute approximate surface area is 212 Å². The average molecular weight is 508 g/mol. The number of allylic oxidation sites excluding steroid dienone is 1. The molecule has 3 aromatic rings. The Kier molecular flexibility index (Phi) is 6.77. The van der Waals surface area contributed by atoms with Gasteiger partial charge in [-0.25, -0.2) is 9.37 Å². The SMILES string of the molecule is C.CC1(C)O/C(=C2/C(=O)Nc3cc(F)ccc32)C=C1c1ccc(C[C@@H](Cc2cscn2)C(=O)O)nc1. The molecule has 5 rings (SSSR count). The van der Waals surface area contributed by atoms with Gasteiger partial charge in [0.05, 0.1) is 28.4 Å². The number of carbonyl (C=O) groups excluding carboxylic acids is 1. The van der Waals surface area contributed by atoms with Crippen molar-refractivity contribution in [3.63, 3.8) is 0 Å². The van der Waals surface area contributed by atoms with Crippen LogP contribution in [0.25, 0.3) is 11.1 Å². The number of nitrogens with zero attached hydrogens (tertiary/aromatic N) is 2. The molecule has 7 nitrogen and oxygen atoms in total. The number of fused-ring (bicyclic) bond motifs is 1. The summed E-state index contributed by atoms with van der Waals surface area (Å²) in [7, 11) is 0. The summed E-state index contributed by atoms with van der Waals surface area (Å²) in [4.78, 5) is 33.1. The Morgan fingerprint density at radius 1 is 1.19 bits per heavy atom. The van der Waals surface area contributed by atoms with Gasteiger partial charge in [-0.15, -0.1) is 11.3 Å². The largest absolute Gasteiger partial charge is 0.482 e. The molecule has 36 heavy (non-hydrogen) atoms. The van der Waals surface area contributed by atoms with Gasteiger partial charge in [0.2, 0.25) is 0 Å². The molecule has 0 saturated heterocycles. The van der Waals surface area contributed by atoms with E-state index in [4.69, 9.17) is 4.74 Å². The summed E-state index contributed by atoms with van der Waals surface area (Å²) in [6, 6.07) is 7.86. The molecule has 1 atom stereocenters. The molecule has 4 heterocycles. The van der Waals surface area contributed by atoms with Gasteiger partial charge in [0.25, 0.3) is 5.91 Å². The molecule has 9 heteroatoms. The van der Waals surface area contributed by atoms with E-state index in [9.17, 15) is 19.1 Å². The third kappa shape index (κ3) is 4.79. The first-order chi connectivity index (χ1) is 16.7. The summed E-state index contributed by atoms with van der Waals surface area (Å²) in [6.45, 7) is 3.79. The molecule has 0 aliphatic carbocycles. The molecular weight excluding hydrogens is 481 g/mol. The maximum atomic E-state index is 13.6. The van der Waals surface area contributed by atoms with Crippen molar-refractivity contribution in [1.82, 2.24) is 9.97 Å². The average Bonchev–Trinajstić information content (AvgIpc) is 3.50. The number of nitrogens with one attached hydrogen (secondary N) is 1. The number of carboxylic acids is 1. The van der Waals surface area contributed by atoms with E-state index < -0.39 is 23.3 Å². The van der Waals surface area contributed by atoms with Crippen LogP contribution in [0.3, 0.4) is 0 Å². The number of rotatable bonds is 6. The summed E-state index contributed by atoms with van der Waals surface area (Å²) < 4.78 is 19.8. The first-order valence-corrected chi connectivity index (χ1v) is 12.0. The molecule has 0 bridgehead atoms. The van der Waals surface area contributed by atoms with Crippen molar-refractivity contribution in [3.8, 4) is 0 Å². The molecule has 186 valence electrons. The Morgan fingerprint density at radius 3 is 2.64 bits per heavy atom. The van der Waals surface area contributed by atoms with Crippen LogP contribution in [-0.2, 0) is 27.2 Å². The van der Waals surface area contributed by atoms with Crippen LogP contribution in [0.1, 0.15) is 43.8 Å². The first-order valence-electron chi connectivity index (χ1n) is 11.0. The van der Waals surface area contributed by atoms with E-state index in [0.29, 0.717) is 34.7 Å². The lowest BCUT2D eigenvalue weighted by Gasteiger charge is -2.23. The lowest BCUT2D eigenvalue weighted by Crippen LogP contribution is -2.22. The van der Waals surface area contributed by atoms with Crippen molar-refractivity contribution in [2.45, 2.75) is 39.7 Å². The number of amides is 1. The monoisotopic (exact) mass is 507 g/mol. The minimum Gasteiger partial charge on any atom is -0.482 e. The number of halogens is 1. The number of pyridine rings is 1. The van der Waals surface area contributed by atoms with Crippen molar-refractivity contribution in [2.75, 3.05) is 5.32 Å². The fourth-order valence-electron chi connectivity index (χ4n) is 4.40. The van der Waals surface area contributed by atoms with Gasteiger partial charge < -0.3 is 15.2 Å². The molecule has 0 spiro atoms. The van der Waals surface area contributed by atoms with Crippen LogP contribution >= 0.6 is 11.3 Å². The molecule has 2 aromatic heterocycles. The summed E-state index contributed by atoms with van der Waals surface area (Å²) in [6.07, 6.45) is 4.14. The highest BCUT2D eigenvalue weighted by Gasteiger charge is 2.38. The molecule has 2 aliphatic rings. The minimum absolute atomic E-state index is 0. The molecule has 1 amide bonds. The molecular formula is C27H26FN3O4S. The van der Waals surface area contributed by atoms with E-state index >= 15 is 0 Å². The van der Waals surface area contributed by atoms with Gasteiger partial charge in [-0.2, -0.15) is 0 Å². The second-order valence-electron chi connectivity index (χ2n) is 9.02. The lowest BCUT2D eigenvalue weighted by molar-refractivity contribution is -0.141. The van der Waals surface area contributed by atoms with E-state index in [1.165, 1.54) is 23.5 Å². The highest BCUT2D eigenvalue weighted by molar-refractivity contribution is 7.07. The first kappa shape index (κ1) is 25.2. The number of carboxylic acid groups (broad SMARTS) is 1. The smallest absolute Gasteiger partial charge is 0.307 e. The van der Waals surface area contributed by atoms with Crippen LogP contribution in [0.15, 0.2) is 59.3 Å². The number of hydrogen-bond acceptors (Lipinski definition) is 6. The van der Waals surface area contributed by atoms with E-state index in [1.807, 2.05) is 37.4 Å². The number of carbonyl (C=O) groups is 2. The zero-order valence-corrected chi connectivity index (χ0v) is 19.9. The molecule has 2 N–H and O–H groups in total. The van der Waals surface area contributed by atoms with Crippen molar-refractivity contribution in [2.24, 2.45) is 5.92 Å². The second-order valence-corrected chi connectivity index (χ2v) is 9.73. The van der Waals surface area contributed by atoms with Crippen molar-refractivity contribution < 1.29 is 23.8 Å². The standard InChI is InChI=1S/C26H22FN3O4S.CH4/c1-26(2)20(10-22(34-26)23-19-6-4-16(27)9-21(19)30-24(23)31)14-3-5-17(28-11-14)7-15(25(32)33)8-18-12-35-13-29-18;/h3-6,9-13,15H,7-8H2,1-2H3,(H,30,31)(H,32,33);1H4/b23-22+;/t15-;/m0./s1. The summed E-state index contributed by atoms with van der Waals surface area (Å²) in [5.74, 6) is -1.87. The van der Waals surface area contributed by atoms with Crippen LogP contribution < -0.4 is 5.32 Å². The van der Waals surface area contributed by atoms with Crippen molar-refractivity contribution in [3.05, 3.63) is 87.6 Å². The lowest BCUT2D eigenvalue weighted by atomic mass is 9.92. The summed E-state index contributed by atoms with van der Waals surface area (Å²) in [5, 5.41) is 14.2. The Bertz CT molecular complexity index is 1380. The van der Waals surface area contributed by atoms with Gasteiger partial charge in [0.15, 0.2) is 0 Å². The topological polar surface area (TPSA) is 101 Å². The van der Waals surface area contributed by atoms with E-state index in [1.54, 1.807) is 17.8 Å². The molecule has 0 fully saturated rings. The predicted molar refractivity (Wildman–Crippen MR) is 137 cm³/mol. The van der Waals surface area contributed by atoms with Gasteiger partial charge in [-0.3, -0.25) is 14.6 Å². The zero-order valence-electron chi connectivity index (χ0n) is 19.0. The zero-order chi connectivity index (χ0) is 24.7. The van der Waals surface area contributed by atoms with Gasteiger partial charge in [0.1, 0.15) is 17.2 Å². The quantitative estimate of drug-likeness (QED) is 0.436. The fourth-order valence-corrected chi connectivity index (χ4v) is 4.97. The number of thiazole rings is 1. The van der Waals surface area contributed by atoms with Gasteiger partial charge in [-0.05, 0) is 44.2 Å². The number of ether oxygens (including phenoxy) is 1. The fraction of sp³-hybridized carbons (Fsp3) is 0.259. The molecule has 0 saturated carbocycles. The second kappa shape index (κ2) is 9.66. The van der Waals surface area contributed by atoms with Crippen LogP contribution in [0.4, 0.5) is 10.1 Å². The van der Waals surface area contributed by atoms with Crippen LogP contribution in [0.5, 0.6) is 0 Å². The number of aliphatic carboxylic acids is 1. The number of hydrogen-bond donors (Lipinski definition) is 2. The maximum Gasteiger partial charge on any atom is 0.307 e. The van der Waals surface area contributed by atoms with Gasteiger partial charge in [-0.1, -0.05) is 13.5 Å². The number of anilines is 1. The van der Waals surface area contributed by atoms with Crippen molar-refractivity contribution >= 4 is 40.0 Å². The summed E-state index contributed by atoms with van der Waals surface area (Å²) >= 11 is 1.44. The van der Waals surface area contributed by atoms with Crippen LogP contribution in [0, 0.1) is 11.7 Å². The molecule has 1 aromatic carbocycles. The minimum atomic E-state index is -0.886. The van der Waals surface area contributed by atoms with Crippen LogP contribution in [0.2, 0.25) is 0 Å². The number of aromatic nitrogens is 2. The third-order valence-corrected chi connectivity index (χ3v) is 6.78. The normalized spacial score (nSPS) is 18.5. The van der Waals surface area contributed by atoms with E-state index in [2.05, 4.69) is 15.3 Å². The molecule has 0 unspecified atom stereocenters. The highest BCUT2D eigenvalue weighted by atomic mass is 32.1. The highest BCUT2D eigenvalue weighted by Crippen LogP contribution is 2.44. The van der Waals surface area contributed by atoms with Crippen molar-refractivity contribution in [1.29, 1.82) is 0 Å². The van der Waals surface area contributed by atoms with Crippen LogP contribution in [-0.4, -0.2) is 32.6 Å². The molecule has 2 aliphatic heterocycles. The summed E-state index contributed by atoms with van der Waals surface area (Å²) in [5.41, 5.74) is 5.38. The van der Waals surface area contributed by atoms with Gasteiger partial charge in [0, 0.05) is 46.8 Å². The third-order valence-electron chi connectivity index (χ3n) is 6.14. The Morgan fingerprint density at radius 2 is 1.97 bits per heavy atom. The van der Waals surface area contributed by atoms with Gasteiger partial charge >= 0.3 is 5.97 Å². The van der Waals surface area contributed by atoms with E-state index in [0.717, 1.165) is 16.8 Å². The van der Waals surface area contributed by atoms with E-state index in [-0.39, 0.29) is 19.8 Å². The predicted octanol–water partition coefficient (Wildman–Crippen LogP) is 5.35.